The van der Waals surface area contributed by atoms with Gasteiger partial charge in [-0.05, 0) is 85.0 Å². The maximum Gasteiger partial charge on any atom is 0.350 e. The molecule has 2 aromatic carbocycles. The summed E-state index contributed by atoms with van der Waals surface area (Å²) in [6.07, 6.45) is 6.03. The molecule has 1 aliphatic carbocycles. The molecular formula is C33H34F2N5O3+. The molecular weight excluding hydrogens is 552 g/mol. The third-order valence-electron chi connectivity index (χ3n) is 9.32. The zero-order valence-electron chi connectivity index (χ0n) is 24.4. The van der Waals surface area contributed by atoms with Crippen LogP contribution in [0.3, 0.4) is 0 Å². The van der Waals surface area contributed by atoms with Crippen LogP contribution in [0.2, 0.25) is 0 Å². The van der Waals surface area contributed by atoms with Gasteiger partial charge in [-0.3, -0.25) is 9.59 Å². The molecule has 1 saturated heterocycles. The van der Waals surface area contributed by atoms with Crippen molar-refractivity contribution in [2.24, 2.45) is 21.9 Å². The average molecular weight is 587 g/mol. The fraction of sp³-hybridized carbons (Fsp3) is 0.424. The zero-order valence-corrected chi connectivity index (χ0v) is 24.4. The van der Waals surface area contributed by atoms with Crippen molar-refractivity contribution in [1.29, 1.82) is 0 Å². The van der Waals surface area contributed by atoms with Gasteiger partial charge in [0.25, 0.3) is 5.91 Å². The molecule has 0 bridgehead atoms. The van der Waals surface area contributed by atoms with Crippen molar-refractivity contribution < 1.29 is 27.8 Å². The minimum atomic E-state index is -0.380. The minimum absolute atomic E-state index is 0.124. The number of rotatable bonds is 6. The van der Waals surface area contributed by atoms with Gasteiger partial charge in [0.05, 0.1) is 32.1 Å². The summed E-state index contributed by atoms with van der Waals surface area (Å²) in [4.78, 5) is 34.2. The van der Waals surface area contributed by atoms with Gasteiger partial charge in [0.2, 0.25) is 5.71 Å². The quantitative estimate of drug-likeness (QED) is 0.361. The lowest BCUT2D eigenvalue weighted by atomic mass is 9.92. The molecule has 1 amide bonds. The number of benzene rings is 2. The monoisotopic (exact) mass is 586 g/mol. The zero-order chi connectivity index (χ0) is 29.8. The van der Waals surface area contributed by atoms with Crippen LogP contribution in [0, 0.1) is 23.5 Å². The number of fused-ring (bicyclic) bond motifs is 2. The van der Waals surface area contributed by atoms with E-state index in [1.165, 1.54) is 19.2 Å². The van der Waals surface area contributed by atoms with Crippen LogP contribution in [0.15, 0.2) is 58.4 Å². The van der Waals surface area contributed by atoms with E-state index in [2.05, 4.69) is 4.90 Å². The van der Waals surface area contributed by atoms with E-state index in [0.29, 0.717) is 61.1 Å². The summed E-state index contributed by atoms with van der Waals surface area (Å²) in [5.74, 6) is 0.0592. The van der Waals surface area contributed by atoms with Gasteiger partial charge in [0.1, 0.15) is 23.1 Å². The predicted molar refractivity (Wildman–Crippen MR) is 158 cm³/mol. The molecule has 7 rings (SSSR count). The van der Waals surface area contributed by atoms with Gasteiger partial charge >= 0.3 is 11.8 Å². The van der Waals surface area contributed by atoms with Gasteiger partial charge in [-0.25, -0.2) is 8.78 Å². The SMILES string of the molecule is COC(=O)C[C@@H]1CCN(c2ccc(C3=N[N+]4=C(C5CC5)CC(C(=O)N5CCc6cc(F)ccc6[C@H]5C)=NC4=C3)c(F)c2)C1. The summed E-state index contributed by atoms with van der Waals surface area (Å²) in [7, 11) is 1.39. The van der Waals surface area contributed by atoms with Gasteiger partial charge in [0, 0.05) is 36.8 Å². The first-order valence-electron chi connectivity index (χ1n) is 15.0. The molecule has 0 unspecified atom stereocenters. The molecule has 0 aromatic heterocycles. The Morgan fingerprint density at radius 3 is 2.70 bits per heavy atom. The summed E-state index contributed by atoms with van der Waals surface area (Å²) in [5.41, 5.74) is 5.01. The molecule has 1 saturated carbocycles. The second-order valence-corrected chi connectivity index (χ2v) is 12.1. The molecule has 43 heavy (non-hydrogen) atoms. The number of esters is 1. The van der Waals surface area contributed by atoms with Crippen LogP contribution < -0.4 is 4.90 Å². The van der Waals surface area contributed by atoms with Crippen molar-refractivity contribution in [3.05, 3.63) is 76.6 Å². The van der Waals surface area contributed by atoms with Gasteiger partial charge in [-0.15, -0.1) is 4.68 Å². The second-order valence-electron chi connectivity index (χ2n) is 12.1. The number of halogens is 2. The lowest BCUT2D eigenvalue weighted by Gasteiger charge is -2.35. The van der Waals surface area contributed by atoms with Gasteiger partial charge in [-0.2, -0.15) is 0 Å². The number of nitrogens with zero attached hydrogens (tertiary/aromatic N) is 5. The predicted octanol–water partition coefficient (Wildman–Crippen LogP) is 4.77. The number of allylic oxidation sites excluding steroid dienone is 1. The highest BCUT2D eigenvalue weighted by molar-refractivity contribution is 6.42. The number of hydrogen-bond donors (Lipinski definition) is 0. The Labute approximate surface area is 249 Å². The first kappa shape index (κ1) is 27.6. The van der Waals surface area contributed by atoms with Crippen LogP contribution in [0.1, 0.15) is 61.8 Å². The Morgan fingerprint density at radius 2 is 1.93 bits per heavy atom. The molecule has 222 valence electrons. The summed E-state index contributed by atoms with van der Waals surface area (Å²) in [5, 5.41) is 4.77. The third-order valence-corrected chi connectivity index (χ3v) is 9.32. The van der Waals surface area contributed by atoms with E-state index in [1.54, 1.807) is 29.0 Å². The minimum Gasteiger partial charge on any atom is -0.469 e. The molecule has 8 nitrogen and oxygen atoms in total. The lowest BCUT2D eigenvalue weighted by molar-refractivity contribution is -0.482. The van der Waals surface area contributed by atoms with Crippen LogP contribution >= 0.6 is 0 Å². The number of hydrogen-bond acceptors (Lipinski definition) is 6. The van der Waals surface area contributed by atoms with Crippen molar-refractivity contribution in [3.8, 4) is 0 Å². The summed E-state index contributed by atoms with van der Waals surface area (Å²) < 4.78 is 35.9. The molecule has 0 spiro atoms. The van der Waals surface area contributed by atoms with Crippen LogP contribution in [-0.2, 0) is 20.7 Å². The topological polar surface area (TPSA) is 77.6 Å². The molecule has 4 heterocycles. The fourth-order valence-corrected chi connectivity index (χ4v) is 6.78. The van der Waals surface area contributed by atoms with E-state index >= 15 is 4.39 Å². The number of hydrazone groups is 1. The highest BCUT2D eigenvalue weighted by atomic mass is 19.1. The smallest absolute Gasteiger partial charge is 0.350 e. The third kappa shape index (κ3) is 5.17. The molecule has 2 aromatic rings. The van der Waals surface area contributed by atoms with Crippen molar-refractivity contribution in [3.63, 3.8) is 0 Å². The number of amides is 1. The highest BCUT2D eigenvalue weighted by Crippen LogP contribution is 2.37. The number of methoxy groups -OCH3 is 1. The number of carbonyl (C=O) groups excluding carboxylic acids is 2. The van der Waals surface area contributed by atoms with Gasteiger partial charge in [0.15, 0.2) is 0 Å². The molecule has 0 N–H and O–H groups in total. The van der Waals surface area contributed by atoms with Gasteiger partial charge < -0.3 is 14.5 Å². The lowest BCUT2D eigenvalue weighted by Crippen LogP contribution is -2.44. The van der Waals surface area contributed by atoms with Crippen LogP contribution in [0.25, 0.3) is 0 Å². The standard InChI is InChI=1S/C33H34F2N5O3/c1-19-25-7-5-23(34)14-22(25)10-12-39(19)33(42)29-16-30(21-3-4-21)40-31(36-29)17-28(37-40)26-8-6-24(15-27(26)35)38-11-9-20(18-38)13-32(41)43-2/h5-8,14-15,17,19-21H,3-4,9-13,16,18H2,1-2H3/q+1/t19-,20+/m1/s1. The Balaban J connectivity index is 1.12. The normalized spacial score (nSPS) is 23.0. The van der Waals surface area contributed by atoms with E-state index in [9.17, 15) is 14.0 Å². The van der Waals surface area contributed by atoms with E-state index in [-0.39, 0.29) is 35.5 Å². The van der Waals surface area contributed by atoms with Crippen LogP contribution in [-0.4, -0.2) is 65.3 Å². The van der Waals surface area contributed by atoms with Crippen LogP contribution in [0.4, 0.5) is 14.5 Å². The Morgan fingerprint density at radius 1 is 1.09 bits per heavy atom. The Hall–Kier alpha value is -4.21. The molecule has 0 radical (unpaired) electrons. The van der Waals surface area contributed by atoms with Crippen molar-refractivity contribution in [2.75, 3.05) is 31.6 Å². The maximum absolute atomic E-state index is 15.5. The van der Waals surface area contributed by atoms with E-state index < -0.39 is 0 Å². The molecule has 2 atom stereocenters. The summed E-state index contributed by atoms with van der Waals surface area (Å²) >= 11 is 0. The number of anilines is 1. The summed E-state index contributed by atoms with van der Waals surface area (Å²) in [6.45, 7) is 3.90. The van der Waals surface area contributed by atoms with Crippen LogP contribution in [0.5, 0.6) is 0 Å². The molecule has 5 aliphatic rings. The highest BCUT2D eigenvalue weighted by Gasteiger charge is 2.44. The van der Waals surface area contributed by atoms with Crippen molar-refractivity contribution >= 4 is 34.7 Å². The Kier molecular flexibility index (Phi) is 6.94. The van der Waals surface area contributed by atoms with Crippen molar-refractivity contribution in [1.82, 2.24) is 4.90 Å². The van der Waals surface area contributed by atoms with Gasteiger partial charge in [-0.1, -0.05) is 11.2 Å². The molecule has 2 fully saturated rings. The average Bonchev–Trinajstić information content (AvgIpc) is 3.59. The molecule has 4 aliphatic heterocycles. The van der Waals surface area contributed by atoms with E-state index in [4.69, 9.17) is 14.8 Å². The number of carbonyl (C=O) groups is 2. The maximum atomic E-state index is 15.5. The second kappa shape index (κ2) is 10.8. The number of aliphatic imine (C=N–C) groups is 1. The summed E-state index contributed by atoms with van der Waals surface area (Å²) in [6, 6.07) is 9.75. The fourth-order valence-electron chi connectivity index (χ4n) is 6.78. The first-order valence-corrected chi connectivity index (χ1v) is 15.0. The largest absolute Gasteiger partial charge is 0.469 e. The molecule has 10 heteroatoms. The first-order chi connectivity index (χ1) is 20.8. The Bertz CT molecular complexity index is 1660. The number of ether oxygens (including phenoxy) is 1. The van der Waals surface area contributed by atoms with E-state index in [0.717, 1.165) is 48.3 Å². The van der Waals surface area contributed by atoms with E-state index in [1.807, 2.05) is 17.9 Å². The van der Waals surface area contributed by atoms with Crippen molar-refractivity contribution in [2.45, 2.75) is 51.5 Å².